The molecule has 2 heterocycles. The number of nitrogens with one attached hydrogen (secondary N) is 1. The lowest BCUT2D eigenvalue weighted by Gasteiger charge is -2.40. The standard InChI is InChI=1S/C41H49N3O2/c1-6-12-33-27-36(17-15-31(33)7-2)41(9-4)20-24-43(25-21-41)23-19-35(34-16-18-38(45)39(46)28-34)29-44-26-22-42-40(44)30(5)37-14-11-10-13-32(37)8-3/h6-7,10-18,22,26-28,35,45-46H,1,5,8-9,19-21,23-25,29H2,2-4H3/p+1/b31-7-,33-12-. The normalized spacial score (nSPS) is 19.7. The summed E-state index contributed by atoms with van der Waals surface area (Å²) in [5.41, 5.74) is 5.98. The number of benzene rings is 3. The number of aromatic hydroxyl groups is 2. The molecule has 0 aliphatic carbocycles. The van der Waals surface area contributed by atoms with Gasteiger partial charge in [-0.3, -0.25) is 0 Å². The molecular weight excluding hydrogens is 566 g/mol. The second-order valence-corrected chi connectivity index (χ2v) is 12.8. The van der Waals surface area contributed by atoms with E-state index in [2.05, 4.69) is 93.1 Å². The minimum absolute atomic E-state index is 0.0764. The second kappa shape index (κ2) is 14.8. The summed E-state index contributed by atoms with van der Waals surface area (Å²) in [5, 5.41) is 23.0. The molecule has 1 aliphatic heterocycles. The van der Waals surface area contributed by atoms with Crippen LogP contribution in [0, 0.1) is 0 Å². The maximum atomic E-state index is 10.4. The van der Waals surface area contributed by atoms with Crippen molar-refractivity contribution in [2.24, 2.45) is 0 Å². The van der Waals surface area contributed by atoms with Crippen molar-refractivity contribution in [3.05, 3.63) is 131 Å². The van der Waals surface area contributed by atoms with Crippen LogP contribution in [0.25, 0.3) is 17.7 Å². The number of piperidine rings is 1. The van der Waals surface area contributed by atoms with Crippen molar-refractivity contribution >= 4 is 17.7 Å². The van der Waals surface area contributed by atoms with Gasteiger partial charge in [0.25, 0.3) is 0 Å². The van der Waals surface area contributed by atoms with E-state index < -0.39 is 0 Å². The molecule has 1 saturated heterocycles. The van der Waals surface area contributed by atoms with Crippen molar-refractivity contribution < 1.29 is 15.1 Å². The smallest absolute Gasteiger partial charge is 0.157 e. The molecule has 5 heteroatoms. The summed E-state index contributed by atoms with van der Waals surface area (Å²) in [6.45, 7) is 19.0. The Labute approximate surface area is 274 Å². The van der Waals surface area contributed by atoms with E-state index in [1.807, 2.05) is 24.5 Å². The largest absolute Gasteiger partial charge is 0.504 e. The van der Waals surface area contributed by atoms with Gasteiger partial charge in [-0.1, -0.05) is 93.8 Å². The average molecular weight is 617 g/mol. The van der Waals surface area contributed by atoms with Crippen molar-refractivity contribution in [2.75, 3.05) is 19.6 Å². The zero-order valence-corrected chi connectivity index (χ0v) is 27.8. The van der Waals surface area contributed by atoms with E-state index in [4.69, 9.17) is 4.98 Å². The molecule has 0 spiro atoms. The second-order valence-electron chi connectivity index (χ2n) is 12.8. The van der Waals surface area contributed by atoms with Crippen LogP contribution in [0.4, 0.5) is 0 Å². The van der Waals surface area contributed by atoms with Gasteiger partial charge in [-0.25, -0.2) is 4.98 Å². The molecule has 5 rings (SSSR count). The SMILES string of the molecule is C=C/C=c1/cc(C2(CC)CC[NH+](CCC(Cn3ccnc3C(=C)c3ccccc3CC)c3ccc(O)c(O)c3)CC2)cc/c1=C/C. The molecule has 1 atom stereocenters. The van der Waals surface area contributed by atoms with Crippen LogP contribution in [0.1, 0.15) is 80.5 Å². The van der Waals surface area contributed by atoms with Crippen molar-refractivity contribution in [3.8, 4) is 11.5 Å². The van der Waals surface area contributed by atoms with E-state index in [1.54, 1.807) is 17.0 Å². The Hall–Kier alpha value is -4.35. The highest BCUT2D eigenvalue weighted by molar-refractivity contribution is 5.76. The maximum Gasteiger partial charge on any atom is 0.157 e. The van der Waals surface area contributed by atoms with Gasteiger partial charge in [-0.15, -0.1) is 0 Å². The molecule has 0 saturated carbocycles. The minimum Gasteiger partial charge on any atom is -0.504 e. The third-order valence-electron chi connectivity index (χ3n) is 10.3. The van der Waals surface area contributed by atoms with E-state index in [-0.39, 0.29) is 22.8 Å². The molecule has 0 amide bonds. The lowest BCUT2D eigenvalue weighted by atomic mass is 9.70. The number of hydrogen-bond donors (Lipinski definition) is 3. The molecule has 3 aromatic carbocycles. The molecule has 0 radical (unpaired) electrons. The Kier molecular flexibility index (Phi) is 10.6. The third kappa shape index (κ3) is 7.05. The number of aromatic nitrogens is 2. The van der Waals surface area contributed by atoms with E-state index >= 15 is 0 Å². The molecular formula is C41H50N3O2+. The molecule has 1 aromatic heterocycles. The Morgan fingerprint density at radius 2 is 1.80 bits per heavy atom. The topological polar surface area (TPSA) is 62.7 Å². The summed E-state index contributed by atoms with van der Waals surface area (Å²) in [6.07, 6.45) is 15.4. The van der Waals surface area contributed by atoms with Crippen LogP contribution in [-0.4, -0.2) is 39.4 Å². The van der Waals surface area contributed by atoms with Gasteiger partial charge in [0.1, 0.15) is 5.82 Å². The first-order chi connectivity index (χ1) is 22.3. The quantitative estimate of drug-likeness (QED) is 0.174. The Morgan fingerprint density at radius 3 is 2.50 bits per heavy atom. The number of phenolic OH excluding ortho intramolecular Hbond substituents is 2. The van der Waals surface area contributed by atoms with E-state index in [9.17, 15) is 10.2 Å². The van der Waals surface area contributed by atoms with Gasteiger partial charge in [0.05, 0.1) is 19.6 Å². The fourth-order valence-corrected chi connectivity index (χ4v) is 7.36. The number of rotatable bonds is 12. The summed E-state index contributed by atoms with van der Waals surface area (Å²) < 4.78 is 2.20. The van der Waals surface area contributed by atoms with Crippen LogP contribution in [0.15, 0.2) is 92.3 Å². The summed E-state index contributed by atoms with van der Waals surface area (Å²) in [6, 6.07) is 20.7. The minimum atomic E-state index is -0.0911. The van der Waals surface area contributed by atoms with Gasteiger partial charge in [0.15, 0.2) is 11.5 Å². The molecule has 1 aliphatic rings. The predicted molar refractivity (Wildman–Crippen MR) is 191 cm³/mol. The van der Waals surface area contributed by atoms with Crippen molar-refractivity contribution in [1.82, 2.24) is 9.55 Å². The summed E-state index contributed by atoms with van der Waals surface area (Å²) >= 11 is 0. The lowest BCUT2D eigenvalue weighted by molar-refractivity contribution is -0.907. The third-order valence-corrected chi connectivity index (χ3v) is 10.3. The van der Waals surface area contributed by atoms with Gasteiger partial charge in [-0.05, 0) is 64.6 Å². The Morgan fingerprint density at radius 1 is 1.02 bits per heavy atom. The van der Waals surface area contributed by atoms with Crippen molar-refractivity contribution in [1.29, 1.82) is 0 Å². The van der Waals surface area contributed by atoms with Gasteiger partial charge in [0, 0.05) is 55.1 Å². The van der Waals surface area contributed by atoms with Crippen LogP contribution in [-0.2, 0) is 18.4 Å². The molecule has 3 N–H and O–H groups in total. The number of phenols is 2. The summed E-state index contributed by atoms with van der Waals surface area (Å²) in [7, 11) is 0. The number of hydrogen-bond acceptors (Lipinski definition) is 3. The van der Waals surface area contributed by atoms with Crippen molar-refractivity contribution in [2.45, 2.75) is 70.8 Å². The highest BCUT2D eigenvalue weighted by atomic mass is 16.3. The molecule has 1 fully saturated rings. The Bertz CT molecular complexity index is 1790. The molecule has 240 valence electrons. The van der Waals surface area contributed by atoms with Crippen LogP contribution < -0.4 is 15.3 Å². The monoisotopic (exact) mass is 616 g/mol. The summed E-state index contributed by atoms with van der Waals surface area (Å²) in [5.74, 6) is 0.833. The predicted octanol–water partition coefficient (Wildman–Crippen LogP) is 5.89. The van der Waals surface area contributed by atoms with E-state index in [0.29, 0.717) is 6.54 Å². The number of imidazole rings is 1. The van der Waals surface area contributed by atoms with Crippen LogP contribution >= 0.6 is 0 Å². The van der Waals surface area contributed by atoms with Gasteiger partial charge < -0.3 is 19.7 Å². The van der Waals surface area contributed by atoms with Crippen LogP contribution in [0.2, 0.25) is 0 Å². The molecule has 0 bridgehead atoms. The molecule has 4 aromatic rings. The van der Waals surface area contributed by atoms with Gasteiger partial charge >= 0.3 is 0 Å². The van der Waals surface area contributed by atoms with E-state index in [0.717, 1.165) is 74.3 Å². The fraction of sp³-hybridized carbons (Fsp3) is 0.341. The van der Waals surface area contributed by atoms with Gasteiger partial charge in [0.2, 0.25) is 0 Å². The van der Waals surface area contributed by atoms with E-state index in [1.165, 1.54) is 21.6 Å². The maximum absolute atomic E-state index is 10.4. The first kappa shape index (κ1) is 33.0. The summed E-state index contributed by atoms with van der Waals surface area (Å²) in [4.78, 5) is 6.36. The van der Waals surface area contributed by atoms with Crippen LogP contribution in [0.3, 0.4) is 0 Å². The number of nitrogens with zero attached hydrogens (tertiary/aromatic N) is 2. The lowest BCUT2D eigenvalue weighted by Crippen LogP contribution is -3.13. The Balaban J connectivity index is 1.34. The molecule has 5 nitrogen and oxygen atoms in total. The first-order valence-corrected chi connectivity index (χ1v) is 16.9. The number of allylic oxidation sites excluding steroid dienone is 1. The highest BCUT2D eigenvalue weighted by Gasteiger charge is 2.37. The fourth-order valence-electron chi connectivity index (χ4n) is 7.36. The van der Waals surface area contributed by atoms with Crippen molar-refractivity contribution in [3.63, 3.8) is 0 Å². The zero-order chi connectivity index (χ0) is 32.7. The molecule has 46 heavy (non-hydrogen) atoms. The number of aryl methyl sites for hydroxylation is 1. The van der Waals surface area contributed by atoms with Crippen LogP contribution in [0.5, 0.6) is 11.5 Å². The highest BCUT2D eigenvalue weighted by Crippen LogP contribution is 2.36. The average Bonchev–Trinajstić information content (AvgIpc) is 3.56. The van der Waals surface area contributed by atoms with Gasteiger partial charge in [-0.2, -0.15) is 0 Å². The number of likely N-dealkylation sites (tertiary alicyclic amines) is 1. The molecule has 1 unspecified atom stereocenters. The number of quaternary nitrogens is 1. The zero-order valence-electron chi connectivity index (χ0n) is 27.8. The first-order valence-electron chi connectivity index (χ1n) is 16.9.